The number of thiophene rings is 1. The molecule has 0 spiro atoms. The Morgan fingerprint density at radius 2 is 2.29 bits per heavy atom. The van der Waals surface area contributed by atoms with Crippen molar-refractivity contribution in [3.63, 3.8) is 0 Å². The highest BCUT2D eigenvalue weighted by Crippen LogP contribution is 2.44. The van der Waals surface area contributed by atoms with Crippen LogP contribution in [0, 0.1) is 0 Å². The maximum absolute atomic E-state index is 11.8. The molecule has 0 aliphatic carbocycles. The molecule has 0 aliphatic heterocycles. The fraction of sp³-hybridized carbons (Fsp3) is 0.200. The molecule has 3 aromatic rings. The van der Waals surface area contributed by atoms with Gasteiger partial charge in [0, 0.05) is 24.9 Å². The molecular formula is C15H15N3O2S. The van der Waals surface area contributed by atoms with Gasteiger partial charge in [-0.05, 0) is 19.1 Å². The summed E-state index contributed by atoms with van der Waals surface area (Å²) in [6.07, 6.45) is 3.46. The van der Waals surface area contributed by atoms with E-state index >= 15 is 0 Å². The van der Waals surface area contributed by atoms with Gasteiger partial charge in [-0.15, -0.1) is 11.3 Å². The Labute approximate surface area is 125 Å². The minimum Gasteiger partial charge on any atom is -0.493 e. The SMILES string of the molecule is CCOc1ccc(-c2ncc[nH]2)c2sc(C(C)=O)c(N)c12. The van der Waals surface area contributed by atoms with Crippen molar-refractivity contribution in [2.45, 2.75) is 13.8 Å². The number of H-pyrrole nitrogens is 1. The molecule has 0 aliphatic rings. The lowest BCUT2D eigenvalue weighted by molar-refractivity contribution is 0.102. The molecule has 0 saturated heterocycles. The van der Waals surface area contributed by atoms with Crippen LogP contribution in [0.1, 0.15) is 23.5 Å². The quantitative estimate of drug-likeness (QED) is 0.723. The number of aromatic amines is 1. The number of hydrogen-bond acceptors (Lipinski definition) is 5. The van der Waals surface area contributed by atoms with Crippen LogP contribution in [0.4, 0.5) is 5.69 Å². The van der Waals surface area contributed by atoms with Crippen molar-refractivity contribution in [2.75, 3.05) is 12.3 Å². The molecule has 21 heavy (non-hydrogen) atoms. The Morgan fingerprint density at radius 1 is 1.48 bits per heavy atom. The summed E-state index contributed by atoms with van der Waals surface area (Å²) in [6.45, 7) is 3.98. The number of Topliss-reactive ketones (excluding diaryl/α,β-unsaturated/α-hetero) is 1. The van der Waals surface area contributed by atoms with Crippen molar-refractivity contribution in [2.24, 2.45) is 0 Å². The van der Waals surface area contributed by atoms with E-state index in [1.807, 2.05) is 19.1 Å². The highest BCUT2D eigenvalue weighted by atomic mass is 32.1. The van der Waals surface area contributed by atoms with Gasteiger partial charge in [-0.25, -0.2) is 4.98 Å². The second kappa shape index (κ2) is 5.21. The standard InChI is InChI=1S/C15H15N3O2S/c1-3-20-10-5-4-9(15-17-6-7-18-15)14-11(10)12(16)13(21-14)8(2)19/h4-7H,3,16H2,1-2H3,(H,17,18). The molecule has 0 radical (unpaired) electrons. The first-order valence-electron chi connectivity index (χ1n) is 6.62. The summed E-state index contributed by atoms with van der Waals surface area (Å²) in [5, 5.41) is 0.793. The van der Waals surface area contributed by atoms with E-state index in [1.165, 1.54) is 18.3 Å². The van der Waals surface area contributed by atoms with Crippen LogP contribution in [-0.4, -0.2) is 22.4 Å². The van der Waals surface area contributed by atoms with Crippen LogP contribution >= 0.6 is 11.3 Å². The van der Waals surface area contributed by atoms with Gasteiger partial charge in [0.1, 0.15) is 11.6 Å². The molecule has 3 N–H and O–H groups in total. The van der Waals surface area contributed by atoms with E-state index < -0.39 is 0 Å². The first kappa shape index (κ1) is 13.6. The predicted octanol–water partition coefficient (Wildman–Crippen LogP) is 3.47. The minimum atomic E-state index is -0.0402. The number of nitrogens with two attached hydrogens (primary N) is 1. The van der Waals surface area contributed by atoms with Gasteiger partial charge < -0.3 is 15.5 Å². The van der Waals surface area contributed by atoms with E-state index in [0.29, 0.717) is 22.9 Å². The van der Waals surface area contributed by atoms with Crippen LogP contribution in [0.15, 0.2) is 24.5 Å². The van der Waals surface area contributed by atoms with E-state index in [-0.39, 0.29) is 5.78 Å². The molecule has 0 atom stereocenters. The van der Waals surface area contributed by atoms with Gasteiger partial charge in [-0.2, -0.15) is 0 Å². The molecular weight excluding hydrogens is 286 g/mol. The fourth-order valence-electron chi connectivity index (χ4n) is 2.33. The summed E-state index contributed by atoms with van der Waals surface area (Å²) in [5.74, 6) is 1.41. The first-order valence-corrected chi connectivity index (χ1v) is 7.43. The highest BCUT2D eigenvalue weighted by molar-refractivity contribution is 7.22. The average Bonchev–Trinajstić information content (AvgIpc) is 3.08. The number of carbonyl (C=O) groups is 1. The van der Waals surface area contributed by atoms with Crippen molar-refractivity contribution < 1.29 is 9.53 Å². The van der Waals surface area contributed by atoms with Gasteiger partial charge >= 0.3 is 0 Å². The molecule has 0 saturated carbocycles. The van der Waals surface area contributed by atoms with Crippen LogP contribution in [0.25, 0.3) is 21.5 Å². The molecule has 108 valence electrons. The number of ketones is 1. The maximum atomic E-state index is 11.8. The number of benzene rings is 1. The Balaban J connectivity index is 2.35. The number of nitrogens with one attached hydrogen (secondary N) is 1. The Kier molecular flexibility index (Phi) is 3.39. The van der Waals surface area contributed by atoms with Gasteiger partial charge in [-0.1, -0.05) is 0 Å². The zero-order valence-electron chi connectivity index (χ0n) is 11.8. The molecule has 2 heterocycles. The number of carbonyl (C=O) groups excluding carboxylic acids is 1. The summed E-state index contributed by atoms with van der Waals surface area (Å²) in [4.78, 5) is 19.7. The number of anilines is 1. The number of imidazole rings is 1. The summed E-state index contributed by atoms with van der Waals surface area (Å²) in [5.41, 5.74) is 7.58. The van der Waals surface area contributed by atoms with Crippen LogP contribution in [0.3, 0.4) is 0 Å². The molecule has 0 amide bonds. The summed E-state index contributed by atoms with van der Waals surface area (Å²) >= 11 is 1.38. The van der Waals surface area contributed by atoms with Crippen molar-refractivity contribution in [3.8, 4) is 17.1 Å². The van der Waals surface area contributed by atoms with Crippen LogP contribution in [0.5, 0.6) is 5.75 Å². The van der Waals surface area contributed by atoms with Crippen LogP contribution in [0.2, 0.25) is 0 Å². The largest absolute Gasteiger partial charge is 0.493 e. The van der Waals surface area contributed by atoms with Gasteiger partial charge in [0.05, 0.1) is 27.3 Å². The van der Waals surface area contributed by atoms with Gasteiger partial charge in [0.15, 0.2) is 5.78 Å². The smallest absolute Gasteiger partial charge is 0.171 e. The van der Waals surface area contributed by atoms with E-state index in [0.717, 1.165) is 21.5 Å². The predicted molar refractivity (Wildman–Crippen MR) is 85.0 cm³/mol. The molecule has 5 nitrogen and oxygen atoms in total. The van der Waals surface area contributed by atoms with E-state index in [4.69, 9.17) is 10.5 Å². The Morgan fingerprint density at radius 3 is 2.90 bits per heavy atom. The third kappa shape index (κ3) is 2.17. The van der Waals surface area contributed by atoms with E-state index in [2.05, 4.69) is 9.97 Å². The molecule has 3 rings (SSSR count). The Bertz CT molecular complexity index is 806. The molecule has 0 fully saturated rings. The highest BCUT2D eigenvalue weighted by Gasteiger charge is 2.20. The number of ether oxygens (including phenoxy) is 1. The number of nitrogen functional groups attached to an aromatic ring is 1. The van der Waals surface area contributed by atoms with Crippen molar-refractivity contribution >= 4 is 32.9 Å². The normalized spacial score (nSPS) is 11.0. The first-order chi connectivity index (χ1) is 10.1. The number of nitrogens with zero attached hydrogens (tertiary/aromatic N) is 1. The van der Waals surface area contributed by atoms with Gasteiger partial charge in [0.2, 0.25) is 0 Å². The van der Waals surface area contributed by atoms with Crippen LogP contribution < -0.4 is 10.5 Å². The molecule has 0 bridgehead atoms. The van der Waals surface area contributed by atoms with E-state index in [1.54, 1.807) is 12.4 Å². The lowest BCUT2D eigenvalue weighted by Crippen LogP contribution is -1.97. The zero-order valence-corrected chi connectivity index (χ0v) is 12.6. The summed E-state index contributed by atoms with van der Waals surface area (Å²) < 4.78 is 6.57. The molecule has 1 aromatic carbocycles. The van der Waals surface area contributed by atoms with Gasteiger partial charge in [0.25, 0.3) is 0 Å². The Hall–Kier alpha value is -2.34. The fourth-order valence-corrected chi connectivity index (χ4v) is 3.48. The number of rotatable bonds is 4. The lowest BCUT2D eigenvalue weighted by Gasteiger charge is -2.08. The third-order valence-corrected chi connectivity index (χ3v) is 4.55. The van der Waals surface area contributed by atoms with Crippen molar-refractivity contribution in [1.29, 1.82) is 0 Å². The average molecular weight is 301 g/mol. The van der Waals surface area contributed by atoms with Gasteiger partial charge in [-0.3, -0.25) is 4.79 Å². The van der Waals surface area contributed by atoms with Crippen molar-refractivity contribution in [3.05, 3.63) is 29.4 Å². The minimum absolute atomic E-state index is 0.0402. The number of aromatic nitrogens is 2. The zero-order chi connectivity index (χ0) is 15.0. The number of hydrogen-bond donors (Lipinski definition) is 2. The summed E-state index contributed by atoms with van der Waals surface area (Å²) in [7, 11) is 0. The van der Waals surface area contributed by atoms with E-state index in [9.17, 15) is 4.79 Å². The molecule has 0 unspecified atom stereocenters. The molecule has 2 aromatic heterocycles. The maximum Gasteiger partial charge on any atom is 0.171 e. The van der Waals surface area contributed by atoms with Crippen LogP contribution in [-0.2, 0) is 0 Å². The van der Waals surface area contributed by atoms with Crippen molar-refractivity contribution in [1.82, 2.24) is 9.97 Å². The second-order valence-corrected chi connectivity index (χ2v) is 5.61. The third-order valence-electron chi connectivity index (χ3n) is 3.21. The summed E-state index contributed by atoms with van der Waals surface area (Å²) in [6, 6.07) is 3.81. The molecule has 6 heteroatoms. The monoisotopic (exact) mass is 301 g/mol. The second-order valence-electron chi connectivity index (χ2n) is 4.59. The lowest BCUT2D eigenvalue weighted by atomic mass is 10.1. The number of fused-ring (bicyclic) bond motifs is 1. The topological polar surface area (TPSA) is 81.0 Å².